The first-order chi connectivity index (χ1) is 10.6. The third-order valence-electron chi connectivity index (χ3n) is 3.63. The number of carbonyl (C=O) groups is 1. The molecule has 2 heteroatoms. The fourth-order valence-corrected chi connectivity index (χ4v) is 2.42. The molecule has 1 aliphatic carbocycles. The average Bonchev–Trinajstić information content (AvgIpc) is 2.49. The topological polar surface area (TPSA) is 26.3 Å². The van der Waals surface area contributed by atoms with Gasteiger partial charge in [-0.2, -0.15) is 0 Å². The van der Waals surface area contributed by atoms with Crippen LogP contribution in [0.5, 0.6) is 0 Å². The van der Waals surface area contributed by atoms with Gasteiger partial charge in [-0.05, 0) is 33.4 Å². The number of hydrogen-bond acceptors (Lipinski definition) is 2. The second-order valence-corrected chi connectivity index (χ2v) is 5.63. The Bertz CT molecular complexity index is 899. The van der Waals surface area contributed by atoms with Gasteiger partial charge in [-0.25, -0.2) is 0 Å². The van der Waals surface area contributed by atoms with Gasteiger partial charge in [-0.3, -0.25) is 4.79 Å². The van der Waals surface area contributed by atoms with Crippen molar-refractivity contribution in [2.75, 3.05) is 0 Å². The van der Waals surface area contributed by atoms with Crippen molar-refractivity contribution in [1.82, 2.24) is 0 Å². The number of fused-ring (bicyclic) bond motifs is 3. The Kier molecular flexibility index (Phi) is 3.92. The lowest BCUT2D eigenvalue weighted by Crippen LogP contribution is -2.26. The minimum atomic E-state index is -0.220. The molecule has 3 rings (SSSR count). The summed E-state index contributed by atoms with van der Waals surface area (Å²) in [6, 6.07) is 12.4. The number of benzene rings is 2. The van der Waals surface area contributed by atoms with Crippen molar-refractivity contribution < 1.29 is 9.53 Å². The smallest absolute Gasteiger partial charge is 0.313 e. The molecule has 2 aromatic carbocycles. The van der Waals surface area contributed by atoms with Crippen LogP contribution in [0, 0.1) is 5.92 Å². The molecule has 0 atom stereocenters. The van der Waals surface area contributed by atoms with Crippen molar-refractivity contribution in [3.05, 3.63) is 70.8 Å². The van der Waals surface area contributed by atoms with Crippen LogP contribution in [-0.2, 0) is 9.53 Å². The van der Waals surface area contributed by atoms with Crippen molar-refractivity contribution in [2.45, 2.75) is 13.8 Å². The summed E-state index contributed by atoms with van der Waals surface area (Å²) in [6.07, 6.45) is 9.68. The second-order valence-electron chi connectivity index (χ2n) is 5.63. The Morgan fingerprint density at radius 1 is 1.00 bits per heavy atom. The zero-order chi connectivity index (χ0) is 15.5. The molecule has 0 N–H and O–H groups in total. The lowest BCUT2D eigenvalue weighted by molar-refractivity contribution is -0.142. The Morgan fingerprint density at radius 3 is 2.59 bits per heavy atom. The molecule has 0 fully saturated rings. The summed E-state index contributed by atoms with van der Waals surface area (Å²) in [5.41, 5.74) is 0. The quantitative estimate of drug-likeness (QED) is 0.795. The molecule has 0 heterocycles. The van der Waals surface area contributed by atoms with E-state index in [0.29, 0.717) is 5.76 Å². The number of esters is 1. The molecule has 0 unspecified atom stereocenters. The van der Waals surface area contributed by atoms with Crippen LogP contribution in [0.2, 0.25) is 0 Å². The van der Waals surface area contributed by atoms with E-state index in [1.54, 1.807) is 0 Å². The van der Waals surface area contributed by atoms with Gasteiger partial charge in [0.25, 0.3) is 0 Å². The van der Waals surface area contributed by atoms with E-state index in [0.717, 1.165) is 15.8 Å². The second kappa shape index (κ2) is 6.02. The van der Waals surface area contributed by atoms with Crippen molar-refractivity contribution in [2.24, 2.45) is 5.92 Å². The van der Waals surface area contributed by atoms with E-state index < -0.39 is 0 Å². The highest BCUT2D eigenvalue weighted by Crippen LogP contribution is 2.10. The van der Waals surface area contributed by atoms with E-state index in [1.165, 1.54) is 5.39 Å². The lowest BCUT2D eigenvalue weighted by Gasteiger charge is -2.08. The number of allylic oxidation sites excluding steroid dienone is 4. The van der Waals surface area contributed by atoms with Gasteiger partial charge in [-0.1, -0.05) is 68.5 Å². The molecule has 0 saturated heterocycles. The summed E-state index contributed by atoms with van der Waals surface area (Å²) in [6.45, 7) is 3.66. The summed E-state index contributed by atoms with van der Waals surface area (Å²) >= 11 is 0. The Balaban J connectivity index is 2.21. The fourth-order valence-electron chi connectivity index (χ4n) is 2.42. The zero-order valence-electron chi connectivity index (χ0n) is 12.7. The number of rotatable bonds is 2. The molecule has 2 nitrogen and oxygen atoms in total. The van der Waals surface area contributed by atoms with Crippen molar-refractivity contribution in [3.8, 4) is 0 Å². The molecule has 0 radical (unpaired) electrons. The molecule has 0 aromatic heterocycles. The highest BCUT2D eigenvalue weighted by molar-refractivity contribution is 5.85. The average molecular weight is 290 g/mol. The Labute approximate surface area is 129 Å². The van der Waals surface area contributed by atoms with Gasteiger partial charge in [0.05, 0.1) is 5.92 Å². The van der Waals surface area contributed by atoms with Crippen LogP contribution < -0.4 is 10.4 Å². The van der Waals surface area contributed by atoms with Crippen molar-refractivity contribution in [3.63, 3.8) is 0 Å². The SMILES string of the molecule is CC(C)C(=O)OC1=C/C=C\C=c2\ccc3ccccc3\c2=C\1. The van der Waals surface area contributed by atoms with E-state index in [-0.39, 0.29) is 11.9 Å². The summed E-state index contributed by atoms with van der Waals surface area (Å²) < 4.78 is 5.50. The Hall–Kier alpha value is -2.61. The molecular formula is C20H18O2. The molecule has 110 valence electrons. The molecule has 0 aliphatic heterocycles. The maximum Gasteiger partial charge on any atom is 0.313 e. The van der Waals surface area contributed by atoms with Crippen molar-refractivity contribution in [1.29, 1.82) is 0 Å². The lowest BCUT2D eigenvalue weighted by atomic mass is 10.0. The first-order valence-corrected chi connectivity index (χ1v) is 7.45. The van der Waals surface area contributed by atoms with Crippen LogP contribution in [0.3, 0.4) is 0 Å². The molecule has 0 amide bonds. The standard InChI is InChI=1S/C20H18O2/c1-14(2)20(21)22-17-9-5-3-8-16-12-11-15-7-4-6-10-18(15)19(16)13-17/h3-14H,1-2H3/b5-3-,8-3?,9-5?,16-8-,17-9+,17-13?,19-13+. The van der Waals surface area contributed by atoms with E-state index in [4.69, 9.17) is 4.74 Å². The highest BCUT2D eigenvalue weighted by Gasteiger charge is 2.10. The summed E-state index contributed by atoms with van der Waals surface area (Å²) in [5, 5.41) is 4.51. The van der Waals surface area contributed by atoms with Crippen LogP contribution in [0.4, 0.5) is 0 Å². The first-order valence-electron chi connectivity index (χ1n) is 7.45. The molecule has 0 bridgehead atoms. The van der Waals surface area contributed by atoms with Crippen LogP contribution in [0.25, 0.3) is 22.9 Å². The maximum atomic E-state index is 11.9. The normalized spacial score (nSPS) is 20.4. The molecule has 22 heavy (non-hydrogen) atoms. The Morgan fingerprint density at radius 2 is 1.77 bits per heavy atom. The van der Waals surface area contributed by atoms with Gasteiger partial charge in [0, 0.05) is 0 Å². The van der Waals surface area contributed by atoms with Crippen LogP contribution in [-0.4, -0.2) is 5.97 Å². The van der Waals surface area contributed by atoms with E-state index in [1.807, 2.05) is 50.3 Å². The predicted octanol–water partition coefficient (Wildman–Crippen LogP) is 3.05. The zero-order valence-corrected chi connectivity index (χ0v) is 12.7. The third kappa shape index (κ3) is 2.86. The van der Waals surface area contributed by atoms with Gasteiger partial charge in [-0.15, -0.1) is 0 Å². The summed E-state index contributed by atoms with van der Waals surface area (Å²) in [7, 11) is 0. The van der Waals surface area contributed by atoms with E-state index >= 15 is 0 Å². The summed E-state index contributed by atoms with van der Waals surface area (Å²) in [4.78, 5) is 11.9. The third-order valence-corrected chi connectivity index (χ3v) is 3.63. The van der Waals surface area contributed by atoms with Gasteiger partial charge < -0.3 is 4.74 Å². The number of ether oxygens (including phenoxy) is 1. The highest BCUT2D eigenvalue weighted by atomic mass is 16.5. The number of hydrogen-bond donors (Lipinski definition) is 0. The largest absolute Gasteiger partial charge is 0.426 e. The van der Waals surface area contributed by atoms with Crippen LogP contribution >= 0.6 is 0 Å². The number of carbonyl (C=O) groups excluding carboxylic acids is 1. The van der Waals surface area contributed by atoms with E-state index in [9.17, 15) is 4.79 Å². The van der Waals surface area contributed by atoms with Crippen LogP contribution in [0.15, 0.2) is 60.4 Å². The summed E-state index contributed by atoms with van der Waals surface area (Å²) in [5.74, 6) is 0.199. The molecule has 1 aliphatic rings. The fraction of sp³-hybridized carbons (Fsp3) is 0.150. The van der Waals surface area contributed by atoms with Gasteiger partial charge in [0.15, 0.2) is 0 Å². The minimum Gasteiger partial charge on any atom is -0.426 e. The minimum absolute atomic E-state index is 0.151. The van der Waals surface area contributed by atoms with Gasteiger partial charge >= 0.3 is 5.97 Å². The maximum absolute atomic E-state index is 11.9. The monoisotopic (exact) mass is 290 g/mol. The molecule has 0 saturated carbocycles. The predicted molar refractivity (Wildman–Crippen MR) is 90.3 cm³/mol. The molecule has 2 aromatic rings. The molecular weight excluding hydrogens is 272 g/mol. The van der Waals surface area contributed by atoms with Crippen molar-refractivity contribution >= 4 is 28.9 Å². The van der Waals surface area contributed by atoms with Gasteiger partial charge in [0.1, 0.15) is 5.76 Å². The van der Waals surface area contributed by atoms with Crippen LogP contribution in [0.1, 0.15) is 13.8 Å². The van der Waals surface area contributed by atoms with Gasteiger partial charge in [0.2, 0.25) is 0 Å². The molecule has 0 spiro atoms. The van der Waals surface area contributed by atoms with E-state index in [2.05, 4.69) is 30.3 Å². The first kappa shape index (κ1) is 14.3.